The summed E-state index contributed by atoms with van der Waals surface area (Å²) >= 11 is 6.25. The van der Waals surface area contributed by atoms with Gasteiger partial charge in [-0.25, -0.2) is 0 Å². The van der Waals surface area contributed by atoms with Crippen molar-refractivity contribution in [2.75, 3.05) is 20.8 Å². The van der Waals surface area contributed by atoms with Crippen molar-refractivity contribution in [3.05, 3.63) is 28.4 Å². The van der Waals surface area contributed by atoms with Gasteiger partial charge in [-0.3, -0.25) is 9.78 Å². The van der Waals surface area contributed by atoms with Crippen LogP contribution in [0.2, 0.25) is 5.02 Å². The molecule has 1 aliphatic heterocycles. The Balaban J connectivity index is 2.20. The molecule has 0 atom stereocenters. The predicted molar refractivity (Wildman–Crippen MR) is 81.2 cm³/mol. The van der Waals surface area contributed by atoms with Gasteiger partial charge in [0.1, 0.15) is 22.9 Å². The normalized spacial score (nSPS) is 13.4. The number of aliphatic hydroxyl groups is 1. The van der Waals surface area contributed by atoms with E-state index in [-0.39, 0.29) is 5.91 Å². The molecule has 0 aliphatic carbocycles. The van der Waals surface area contributed by atoms with Crippen molar-refractivity contribution in [1.82, 2.24) is 9.88 Å². The van der Waals surface area contributed by atoms with E-state index in [0.29, 0.717) is 35.1 Å². The molecule has 0 bridgehead atoms. The number of amides is 1. The summed E-state index contributed by atoms with van der Waals surface area (Å²) in [6.07, 6.45) is 1.72. The largest absolute Gasteiger partial charge is 0.495 e. The number of rotatable bonds is 3. The van der Waals surface area contributed by atoms with E-state index >= 15 is 0 Å². The summed E-state index contributed by atoms with van der Waals surface area (Å²) in [5.74, 6) is 0.635. The molecule has 0 radical (unpaired) electrons. The third-order valence-electron chi connectivity index (χ3n) is 3.85. The number of ether oxygens (including phenoxy) is 2. The van der Waals surface area contributed by atoms with Crippen molar-refractivity contribution < 1.29 is 19.4 Å². The molecule has 7 heteroatoms. The molecule has 2 aromatic rings. The van der Waals surface area contributed by atoms with Gasteiger partial charge < -0.3 is 19.5 Å². The lowest BCUT2D eigenvalue weighted by molar-refractivity contribution is -0.134. The number of halogens is 1. The van der Waals surface area contributed by atoms with E-state index in [9.17, 15) is 4.79 Å². The summed E-state index contributed by atoms with van der Waals surface area (Å²) in [5.41, 5.74) is 2.55. The number of hydrogen-bond acceptors (Lipinski definition) is 5. The van der Waals surface area contributed by atoms with Gasteiger partial charge in [-0.1, -0.05) is 11.6 Å². The van der Waals surface area contributed by atoms with E-state index in [1.807, 2.05) is 0 Å². The van der Waals surface area contributed by atoms with E-state index in [4.69, 9.17) is 26.2 Å². The fourth-order valence-corrected chi connectivity index (χ4v) is 3.04. The van der Waals surface area contributed by atoms with Crippen molar-refractivity contribution in [2.24, 2.45) is 0 Å². The van der Waals surface area contributed by atoms with E-state index in [0.717, 1.165) is 16.5 Å². The minimum Gasteiger partial charge on any atom is -0.495 e. The number of nitrogens with zero attached hydrogens (tertiary/aromatic N) is 2. The van der Waals surface area contributed by atoms with Crippen molar-refractivity contribution >= 4 is 28.4 Å². The SMILES string of the molecule is COc1cc2c3c(cnc2c(OC)c1Cl)CN(C(=O)CO)C3. The lowest BCUT2D eigenvalue weighted by Crippen LogP contribution is -2.27. The lowest BCUT2D eigenvalue weighted by atomic mass is 10.1. The third kappa shape index (κ3) is 2.15. The van der Waals surface area contributed by atoms with Crippen molar-refractivity contribution in [2.45, 2.75) is 13.1 Å². The quantitative estimate of drug-likeness (QED) is 0.932. The number of hydrogen-bond donors (Lipinski definition) is 1. The van der Waals surface area contributed by atoms with Gasteiger partial charge >= 0.3 is 0 Å². The Morgan fingerprint density at radius 2 is 2.18 bits per heavy atom. The zero-order chi connectivity index (χ0) is 15.9. The summed E-state index contributed by atoms with van der Waals surface area (Å²) < 4.78 is 10.7. The highest BCUT2D eigenvalue weighted by molar-refractivity contribution is 6.34. The molecule has 1 aromatic heterocycles. The van der Waals surface area contributed by atoms with Crippen LogP contribution >= 0.6 is 11.6 Å². The average Bonchev–Trinajstić information content (AvgIpc) is 2.97. The second-order valence-electron chi connectivity index (χ2n) is 4.99. The first-order chi connectivity index (χ1) is 10.6. The van der Waals surface area contributed by atoms with Crippen LogP contribution in [-0.4, -0.2) is 41.7 Å². The topological polar surface area (TPSA) is 71.9 Å². The van der Waals surface area contributed by atoms with Crippen molar-refractivity contribution in [1.29, 1.82) is 0 Å². The standard InChI is InChI=1S/C15H15ClN2O4/c1-21-11-3-9-10-6-18(12(20)7-19)5-8(10)4-17-14(9)15(22-2)13(11)16/h3-4,19H,5-7H2,1-2H3. The number of pyridine rings is 1. The van der Waals surface area contributed by atoms with Gasteiger partial charge in [-0.05, 0) is 17.2 Å². The highest BCUT2D eigenvalue weighted by Gasteiger charge is 2.27. The van der Waals surface area contributed by atoms with E-state index in [1.165, 1.54) is 14.2 Å². The molecule has 2 heterocycles. The van der Waals surface area contributed by atoms with Crippen LogP contribution in [0.3, 0.4) is 0 Å². The maximum Gasteiger partial charge on any atom is 0.248 e. The molecule has 0 saturated carbocycles. The molecule has 1 aliphatic rings. The van der Waals surface area contributed by atoms with Crippen LogP contribution in [0, 0.1) is 0 Å². The molecule has 0 saturated heterocycles. The number of carbonyl (C=O) groups is 1. The fraction of sp³-hybridized carbons (Fsp3) is 0.333. The zero-order valence-corrected chi connectivity index (χ0v) is 13.0. The van der Waals surface area contributed by atoms with Gasteiger partial charge in [0.15, 0.2) is 5.75 Å². The Morgan fingerprint density at radius 1 is 1.41 bits per heavy atom. The monoisotopic (exact) mass is 322 g/mol. The Bertz CT molecular complexity index is 763. The van der Waals surface area contributed by atoms with E-state index in [1.54, 1.807) is 17.2 Å². The molecular weight excluding hydrogens is 308 g/mol. The minimum atomic E-state index is -0.502. The van der Waals surface area contributed by atoms with E-state index < -0.39 is 6.61 Å². The van der Waals surface area contributed by atoms with Crippen LogP contribution in [0.1, 0.15) is 11.1 Å². The first-order valence-electron chi connectivity index (χ1n) is 6.70. The first kappa shape index (κ1) is 14.9. The van der Waals surface area contributed by atoms with Gasteiger partial charge in [0.2, 0.25) is 5.91 Å². The first-order valence-corrected chi connectivity index (χ1v) is 7.08. The Kier molecular flexibility index (Phi) is 3.80. The Hall–Kier alpha value is -2.05. The maximum atomic E-state index is 11.7. The highest BCUT2D eigenvalue weighted by Crippen LogP contribution is 2.42. The third-order valence-corrected chi connectivity index (χ3v) is 4.20. The predicted octanol–water partition coefficient (Wildman–Crippen LogP) is 1.74. The summed E-state index contributed by atoms with van der Waals surface area (Å²) in [5, 5.41) is 10.2. The Morgan fingerprint density at radius 3 is 2.82 bits per heavy atom. The summed E-state index contributed by atoms with van der Waals surface area (Å²) in [7, 11) is 3.06. The molecule has 1 aromatic carbocycles. The summed E-state index contributed by atoms with van der Waals surface area (Å²) in [6.45, 7) is 0.352. The van der Waals surface area contributed by atoms with Crippen molar-refractivity contribution in [3.8, 4) is 11.5 Å². The molecule has 1 amide bonds. The van der Waals surface area contributed by atoms with Gasteiger partial charge in [0, 0.05) is 24.7 Å². The second kappa shape index (κ2) is 5.62. The number of fused-ring (bicyclic) bond motifs is 3. The number of carbonyl (C=O) groups excluding carboxylic acids is 1. The number of aromatic nitrogens is 1. The number of benzene rings is 1. The molecule has 1 N–H and O–H groups in total. The van der Waals surface area contributed by atoms with Crippen LogP contribution in [0.4, 0.5) is 0 Å². The zero-order valence-electron chi connectivity index (χ0n) is 12.2. The van der Waals surface area contributed by atoms with Gasteiger partial charge in [0.05, 0.1) is 14.2 Å². The molecule has 3 rings (SSSR count). The van der Waals surface area contributed by atoms with Crippen LogP contribution < -0.4 is 9.47 Å². The lowest BCUT2D eigenvalue weighted by Gasteiger charge is -2.14. The fourth-order valence-electron chi connectivity index (χ4n) is 2.74. The van der Waals surface area contributed by atoms with Gasteiger partial charge in [0.25, 0.3) is 0 Å². The molecule has 0 fully saturated rings. The van der Waals surface area contributed by atoms with Crippen LogP contribution in [0.15, 0.2) is 12.3 Å². The second-order valence-corrected chi connectivity index (χ2v) is 5.37. The van der Waals surface area contributed by atoms with Crippen molar-refractivity contribution in [3.63, 3.8) is 0 Å². The van der Waals surface area contributed by atoms with Gasteiger partial charge in [-0.15, -0.1) is 0 Å². The summed E-state index contributed by atoms with van der Waals surface area (Å²) in [4.78, 5) is 17.7. The molecule has 116 valence electrons. The summed E-state index contributed by atoms with van der Waals surface area (Å²) in [6, 6.07) is 1.80. The van der Waals surface area contributed by atoms with Crippen LogP contribution in [-0.2, 0) is 17.9 Å². The van der Waals surface area contributed by atoms with Gasteiger partial charge in [-0.2, -0.15) is 0 Å². The molecular formula is C15H15ClN2O4. The molecule has 0 unspecified atom stereocenters. The van der Waals surface area contributed by atoms with E-state index in [2.05, 4.69) is 4.98 Å². The highest BCUT2D eigenvalue weighted by atomic mass is 35.5. The smallest absolute Gasteiger partial charge is 0.248 e. The number of methoxy groups -OCH3 is 2. The average molecular weight is 323 g/mol. The molecule has 6 nitrogen and oxygen atoms in total. The van der Waals surface area contributed by atoms with Crippen LogP contribution in [0.25, 0.3) is 10.9 Å². The maximum absolute atomic E-state index is 11.7. The number of aliphatic hydroxyl groups excluding tert-OH is 1. The molecule has 22 heavy (non-hydrogen) atoms. The molecule has 0 spiro atoms. The van der Waals surface area contributed by atoms with Crippen LogP contribution in [0.5, 0.6) is 11.5 Å². The minimum absolute atomic E-state index is 0.308. The Labute approximate surface area is 132 Å².